The second-order valence-electron chi connectivity index (χ2n) is 5.23. The summed E-state index contributed by atoms with van der Waals surface area (Å²) < 4.78 is 5.18. The standard InChI is InChI=1S/C15H22N2O2/c1-11-4-5-13(19-3)10-14(11)15(18)16-12-6-8-17(2)9-7-12/h4-5,10,12H,6-9H2,1-3H3,(H,16,18). The van der Waals surface area contributed by atoms with E-state index in [1.54, 1.807) is 13.2 Å². The van der Waals surface area contributed by atoms with Crippen molar-refractivity contribution in [1.29, 1.82) is 0 Å². The largest absolute Gasteiger partial charge is 0.497 e. The number of piperidine rings is 1. The van der Waals surface area contributed by atoms with Crippen molar-refractivity contribution < 1.29 is 9.53 Å². The number of hydrogen-bond acceptors (Lipinski definition) is 3. The molecule has 1 aliphatic rings. The average Bonchev–Trinajstić information content (AvgIpc) is 2.42. The quantitative estimate of drug-likeness (QED) is 0.903. The van der Waals surface area contributed by atoms with Gasteiger partial charge in [0.1, 0.15) is 5.75 Å². The molecule has 0 aromatic heterocycles. The van der Waals surface area contributed by atoms with Crippen LogP contribution in [0.1, 0.15) is 28.8 Å². The van der Waals surface area contributed by atoms with Crippen molar-refractivity contribution in [2.75, 3.05) is 27.2 Å². The van der Waals surface area contributed by atoms with E-state index in [0.29, 0.717) is 5.56 Å². The molecule has 1 aromatic carbocycles. The number of carbonyl (C=O) groups is 1. The van der Waals surface area contributed by atoms with E-state index >= 15 is 0 Å². The summed E-state index contributed by atoms with van der Waals surface area (Å²) in [6.07, 6.45) is 2.04. The second kappa shape index (κ2) is 6.06. The Kier molecular flexibility index (Phi) is 4.43. The lowest BCUT2D eigenvalue weighted by Gasteiger charge is -2.29. The number of carbonyl (C=O) groups excluding carboxylic acids is 1. The van der Waals surface area contributed by atoms with E-state index in [1.165, 1.54) is 0 Å². The molecule has 104 valence electrons. The lowest BCUT2D eigenvalue weighted by Crippen LogP contribution is -2.43. The predicted octanol–water partition coefficient (Wildman–Crippen LogP) is 1.83. The highest BCUT2D eigenvalue weighted by Crippen LogP contribution is 2.18. The molecule has 1 saturated heterocycles. The van der Waals surface area contributed by atoms with Gasteiger partial charge in [-0.05, 0) is 57.6 Å². The van der Waals surface area contributed by atoms with Crippen LogP contribution in [0, 0.1) is 6.92 Å². The Labute approximate surface area is 114 Å². The molecule has 0 aliphatic carbocycles. The predicted molar refractivity (Wildman–Crippen MR) is 75.7 cm³/mol. The Morgan fingerprint density at radius 1 is 1.37 bits per heavy atom. The summed E-state index contributed by atoms with van der Waals surface area (Å²) in [5, 5.41) is 3.13. The van der Waals surface area contributed by atoms with Crippen LogP contribution in [0.4, 0.5) is 0 Å². The fourth-order valence-electron chi connectivity index (χ4n) is 2.39. The summed E-state index contributed by atoms with van der Waals surface area (Å²) >= 11 is 0. The van der Waals surface area contributed by atoms with E-state index in [9.17, 15) is 4.79 Å². The summed E-state index contributed by atoms with van der Waals surface area (Å²) in [7, 11) is 3.73. The van der Waals surface area contributed by atoms with Crippen molar-refractivity contribution in [3.05, 3.63) is 29.3 Å². The van der Waals surface area contributed by atoms with E-state index in [2.05, 4.69) is 17.3 Å². The fraction of sp³-hybridized carbons (Fsp3) is 0.533. The van der Waals surface area contributed by atoms with Gasteiger partial charge in [-0.25, -0.2) is 0 Å². The van der Waals surface area contributed by atoms with Crippen LogP contribution in [0.3, 0.4) is 0 Å². The van der Waals surface area contributed by atoms with Crippen molar-refractivity contribution in [3.8, 4) is 5.75 Å². The molecule has 0 bridgehead atoms. The normalized spacial score (nSPS) is 17.2. The van der Waals surface area contributed by atoms with E-state index in [0.717, 1.165) is 37.2 Å². The number of amides is 1. The third-order valence-corrected chi connectivity index (χ3v) is 3.74. The lowest BCUT2D eigenvalue weighted by molar-refractivity contribution is 0.0916. The molecule has 1 N–H and O–H groups in total. The number of methoxy groups -OCH3 is 1. The van der Waals surface area contributed by atoms with Crippen molar-refractivity contribution in [3.63, 3.8) is 0 Å². The first-order valence-corrected chi connectivity index (χ1v) is 6.74. The minimum Gasteiger partial charge on any atom is -0.497 e. The van der Waals surface area contributed by atoms with Gasteiger partial charge in [-0.15, -0.1) is 0 Å². The SMILES string of the molecule is COc1ccc(C)c(C(=O)NC2CCN(C)CC2)c1. The van der Waals surface area contributed by atoms with Gasteiger partial charge >= 0.3 is 0 Å². The van der Waals surface area contributed by atoms with E-state index in [1.807, 2.05) is 19.1 Å². The van der Waals surface area contributed by atoms with Gasteiger partial charge in [0.05, 0.1) is 7.11 Å². The van der Waals surface area contributed by atoms with E-state index < -0.39 is 0 Å². The van der Waals surface area contributed by atoms with Crippen LogP contribution in [-0.4, -0.2) is 44.1 Å². The Balaban J connectivity index is 2.03. The number of nitrogens with one attached hydrogen (secondary N) is 1. The van der Waals surface area contributed by atoms with Crippen molar-refractivity contribution >= 4 is 5.91 Å². The van der Waals surface area contributed by atoms with Crippen molar-refractivity contribution in [2.24, 2.45) is 0 Å². The summed E-state index contributed by atoms with van der Waals surface area (Å²) in [5.74, 6) is 0.727. The van der Waals surface area contributed by atoms with Crippen LogP contribution in [0.15, 0.2) is 18.2 Å². The molecule has 4 heteroatoms. The van der Waals surface area contributed by atoms with Crippen LogP contribution in [-0.2, 0) is 0 Å². The highest BCUT2D eigenvalue weighted by molar-refractivity contribution is 5.96. The number of nitrogens with zero attached hydrogens (tertiary/aromatic N) is 1. The topological polar surface area (TPSA) is 41.6 Å². The molecule has 1 aliphatic heterocycles. The summed E-state index contributed by atoms with van der Waals surface area (Å²) in [4.78, 5) is 14.6. The Bertz CT molecular complexity index is 451. The van der Waals surface area contributed by atoms with Gasteiger partial charge in [0.15, 0.2) is 0 Å². The molecular formula is C15H22N2O2. The van der Waals surface area contributed by atoms with E-state index in [-0.39, 0.29) is 11.9 Å². The number of aryl methyl sites for hydroxylation is 1. The average molecular weight is 262 g/mol. The maximum absolute atomic E-state index is 12.3. The number of benzene rings is 1. The lowest BCUT2D eigenvalue weighted by atomic mass is 10.0. The highest BCUT2D eigenvalue weighted by Gasteiger charge is 2.20. The molecule has 1 aromatic rings. The molecule has 2 rings (SSSR count). The van der Waals surface area contributed by atoms with Gasteiger partial charge in [-0.2, -0.15) is 0 Å². The van der Waals surface area contributed by atoms with Gasteiger partial charge in [0.25, 0.3) is 5.91 Å². The fourth-order valence-corrected chi connectivity index (χ4v) is 2.39. The first-order valence-electron chi connectivity index (χ1n) is 6.74. The molecule has 0 radical (unpaired) electrons. The highest BCUT2D eigenvalue weighted by atomic mass is 16.5. The van der Waals surface area contributed by atoms with Crippen molar-refractivity contribution in [2.45, 2.75) is 25.8 Å². The van der Waals surface area contributed by atoms with Gasteiger partial charge in [-0.1, -0.05) is 6.07 Å². The molecule has 1 fully saturated rings. The minimum absolute atomic E-state index is 0.00551. The van der Waals surface area contributed by atoms with Crippen LogP contribution >= 0.6 is 0 Å². The number of ether oxygens (including phenoxy) is 1. The maximum atomic E-state index is 12.3. The Morgan fingerprint density at radius 2 is 2.05 bits per heavy atom. The Morgan fingerprint density at radius 3 is 2.68 bits per heavy atom. The van der Waals surface area contributed by atoms with Gasteiger partial charge < -0.3 is 15.0 Å². The Hall–Kier alpha value is -1.55. The van der Waals surface area contributed by atoms with Crippen molar-refractivity contribution in [1.82, 2.24) is 10.2 Å². The zero-order valence-corrected chi connectivity index (χ0v) is 11.9. The van der Waals surface area contributed by atoms with Crippen LogP contribution < -0.4 is 10.1 Å². The van der Waals surface area contributed by atoms with Gasteiger partial charge in [0, 0.05) is 11.6 Å². The molecular weight excluding hydrogens is 240 g/mol. The zero-order valence-electron chi connectivity index (χ0n) is 11.9. The first-order chi connectivity index (χ1) is 9.10. The summed E-state index contributed by atoms with van der Waals surface area (Å²) in [6.45, 7) is 4.03. The van der Waals surface area contributed by atoms with E-state index in [4.69, 9.17) is 4.74 Å². The third-order valence-electron chi connectivity index (χ3n) is 3.74. The summed E-state index contributed by atoms with van der Waals surface area (Å²) in [5.41, 5.74) is 1.68. The molecule has 19 heavy (non-hydrogen) atoms. The molecule has 1 amide bonds. The number of likely N-dealkylation sites (tertiary alicyclic amines) is 1. The van der Waals surface area contributed by atoms with Crippen LogP contribution in [0.2, 0.25) is 0 Å². The maximum Gasteiger partial charge on any atom is 0.251 e. The van der Waals surface area contributed by atoms with Crippen LogP contribution in [0.5, 0.6) is 5.75 Å². The molecule has 0 saturated carbocycles. The molecule has 0 unspecified atom stereocenters. The zero-order chi connectivity index (χ0) is 13.8. The molecule has 1 heterocycles. The first kappa shape index (κ1) is 13.9. The smallest absolute Gasteiger partial charge is 0.251 e. The minimum atomic E-state index is 0.00551. The molecule has 4 nitrogen and oxygen atoms in total. The third kappa shape index (κ3) is 3.47. The van der Waals surface area contributed by atoms with Crippen LogP contribution in [0.25, 0.3) is 0 Å². The number of hydrogen-bond donors (Lipinski definition) is 1. The second-order valence-corrected chi connectivity index (χ2v) is 5.23. The summed E-state index contributed by atoms with van der Waals surface area (Å²) in [6, 6.07) is 5.89. The monoisotopic (exact) mass is 262 g/mol. The van der Waals surface area contributed by atoms with Gasteiger partial charge in [0.2, 0.25) is 0 Å². The van der Waals surface area contributed by atoms with Gasteiger partial charge in [-0.3, -0.25) is 4.79 Å². The number of rotatable bonds is 3. The molecule has 0 atom stereocenters. The molecule has 0 spiro atoms.